The molecule has 0 N–H and O–H groups in total. The minimum atomic E-state index is -0.434. The van der Waals surface area contributed by atoms with Crippen LogP contribution in [-0.2, 0) is 0 Å². The van der Waals surface area contributed by atoms with Crippen LogP contribution in [0.5, 0.6) is 0 Å². The largest absolute Gasteiger partial charge is 0.259 e. The number of hydrogen-bond donors (Lipinski definition) is 0. The first-order valence-electron chi connectivity index (χ1n) is 5.98. The van der Waals surface area contributed by atoms with Gasteiger partial charge < -0.3 is 0 Å². The molecule has 0 saturated heterocycles. The third-order valence-electron chi connectivity index (χ3n) is 3.18. The molecule has 92 valence electrons. The van der Waals surface area contributed by atoms with Crippen molar-refractivity contribution in [2.24, 2.45) is 0 Å². The Kier molecular flexibility index (Phi) is 2.72. The molecule has 0 aliphatic carbocycles. The SMILES string of the molecule is O=[N+]([O-])/C=C/c1c2ccccc2cc2ccccc12. The standard InChI is InChI=1S/C16H11NO2/c18-17(19)10-9-16-14-7-3-1-5-12(14)11-13-6-2-4-8-15(13)16/h1-11H/b10-9+. The van der Waals surface area contributed by atoms with Gasteiger partial charge in [-0.05, 0) is 33.2 Å². The van der Waals surface area contributed by atoms with Gasteiger partial charge in [-0.2, -0.15) is 0 Å². The van der Waals surface area contributed by atoms with Gasteiger partial charge in [-0.15, -0.1) is 0 Å². The van der Waals surface area contributed by atoms with Crippen molar-refractivity contribution in [3.8, 4) is 0 Å². The monoisotopic (exact) mass is 249 g/mol. The summed E-state index contributed by atoms with van der Waals surface area (Å²) in [6, 6.07) is 17.9. The summed E-state index contributed by atoms with van der Waals surface area (Å²) in [4.78, 5) is 10.1. The van der Waals surface area contributed by atoms with Crippen LogP contribution in [0.15, 0.2) is 60.8 Å². The highest BCUT2D eigenvalue weighted by Crippen LogP contribution is 2.29. The molecule has 0 atom stereocenters. The van der Waals surface area contributed by atoms with Crippen LogP contribution in [-0.4, -0.2) is 4.92 Å². The van der Waals surface area contributed by atoms with Crippen molar-refractivity contribution < 1.29 is 4.92 Å². The molecule has 0 radical (unpaired) electrons. The Bertz CT molecular complexity index is 752. The van der Waals surface area contributed by atoms with Crippen molar-refractivity contribution in [2.75, 3.05) is 0 Å². The van der Waals surface area contributed by atoms with Crippen molar-refractivity contribution >= 4 is 27.6 Å². The number of rotatable bonds is 2. The van der Waals surface area contributed by atoms with E-state index in [1.165, 1.54) is 0 Å². The fraction of sp³-hybridized carbons (Fsp3) is 0. The van der Waals surface area contributed by atoms with E-state index in [0.29, 0.717) is 0 Å². The maximum absolute atomic E-state index is 10.6. The summed E-state index contributed by atoms with van der Waals surface area (Å²) in [6.45, 7) is 0. The summed E-state index contributed by atoms with van der Waals surface area (Å²) < 4.78 is 0. The van der Waals surface area contributed by atoms with Crippen LogP contribution in [0.1, 0.15) is 5.56 Å². The molecular weight excluding hydrogens is 238 g/mol. The van der Waals surface area contributed by atoms with Gasteiger partial charge in [-0.25, -0.2) is 0 Å². The van der Waals surface area contributed by atoms with Crippen molar-refractivity contribution in [3.05, 3.63) is 76.5 Å². The van der Waals surface area contributed by atoms with Gasteiger partial charge in [0.1, 0.15) is 0 Å². The number of fused-ring (bicyclic) bond motifs is 2. The molecule has 0 fully saturated rings. The van der Waals surface area contributed by atoms with E-state index in [2.05, 4.69) is 6.07 Å². The third-order valence-corrected chi connectivity index (χ3v) is 3.18. The molecule has 0 unspecified atom stereocenters. The lowest BCUT2D eigenvalue weighted by Crippen LogP contribution is -1.86. The number of nitro groups is 1. The molecule has 3 aromatic rings. The highest BCUT2D eigenvalue weighted by atomic mass is 16.6. The van der Waals surface area contributed by atoms with Gasteiger partial charge in [0, 0.05) is 6.08 Å². The molecule has 3 heteroatoms. The van der Waals surface area contributed by atoms with Crippen LogP contribution in [0.3, 0.4) is 0 Å². The zero-order valence-corrected chi connectivity index (χ0v) is 10.1. The first kappa shape index (κ1) is 11.4. The second kappa shape index (κ2) is 4.53. The third kappa shape index (κ3) is 2.06. The Morgan fingerprint density at radius 1 is 0.895 bits per heavy atom. The minimum Gasteiger partial charge on any atom is -0.259 e. The van der Waals surface area contributed by atoms with Gasteiger partial charge in [-0.3, -0.25) is 10.1 Å². The highest BCUT2D eigenvalue weighted by molar-refractivity contribution is 6.06. The second-order valence-electron chi connectivity index (χ2n) is 4.33. The van der Waals surface area contributed by atoms with Gasteiger partial charge in [0.05, 0.1) is 4.92 Å². The van der Waals surface area contributed by atoms with E-state index in [0.717, 1.165) is 33.3 Å². The smallest absolute Gasteiger partial charge is 0.235 e. The lowest BCUT2D eigenvalue weighted by atomic mass is 9.97. The molecule has 0 saturated carbocycles. The maximum atomic E-state index is 10.6. The molecule has 0 aromatic heterocycles. The van der Waals surface area contributed by atoms with E-state index >= 15 is 0 Å². The van der Waals surface area contributed by atoms with Gasteiger partial charge >= 0.3 is 0 Å². The quantitative estimate of drug-likeness (QED) is 0.387. The molecule has 0 heterocycles. The normalized spacial score (nSPS) is 11.4. The Morgan fingerprint density at radius 3 is 1.95 bits per heavy atom. The lowest BCUT2D eigenvalue weighted by Gasteiger charge is -2.07. The summed E-state index contributed by atoms with van der Waals surface area (Å²) in [6.07, 6.45) is 2.57. The Balaban J connectivity index is 2.42. The van der Waals surface area contributed by atoms with Gasteiger partial charge in [0.15, 0.2) is 0 Å². The van der Waals surface area contributed by atoms with Crippen molar-refractivity contribution in [2.45, 2.75) is 0 Å². The Labute approximate surface area is 109 Å². The zero-order valence-electron chi connectivity index (χ0n) is 10.1. The molecule has 0 aliphatic rings. The highest BCUT2D eigenvalue weighted by Gasteiger charge is 2.05. The first-order chi connectivity index (χ1) is 9.25. The Hall–Kier alpha value is -2.68. The topological polar surface area (TPSA) is 43.1 Å². The fourth-order valence-electron chi connectivity index (χ4n) is 2.36. The summed E-state index contributed by atoms with van der Waals surface area (Å²) in [5, 5.41) is 14.8. The predicted molar refractivity (Wildman–Crippen MR) is 77.5 cm³/mol. The van der Waals surface area contributed by atoms with Crippen LogP contribution in [0.4, 0.5) is 0 Å². The molecular formula is C16H11NO2. The molecule has 3 nitrogen and oxygen atoms in total. The second-order valence-corrected chi connectivity index (χ2v) is 4.33. The van der Waals surface area contributed by atoms with E-state index in [1.807, 2.05) is 48.5 Å². The summed E-state index contributed by atoms with van der Waals surface area (Å²) in [5.74, 6) is 0. The summed E-state index contributed by atoms with van der Waals surface area (Å²) >= 11 is 0. The van der Waals surface area contributed by atoms with E-state index in [9.17, 15) is 10.1 Å². The molecule has 0 spiro atoms. The molecule has 3 aromatic carbocycles. The van der Waals surface area contributed by atoms with Gasteiger partial charge in [-0.1, -0.05) is 48.5 Å². The van der Waals surface area contributed by atoms with E-state index in [1.54, 1.807) is 6.08 Å². The van der Waals surface area contributed by atoms with Crippen LogP contribution in [0, 0.1) is 10.1 Å². The van der Waals surface area contributed by atoms with Gasteiger partial charge in [0.25, 0.3) is 0 Å². The number of benzene rings is 3. The predicted octanol–water partition coefficient (Wildman–Crippen LogP) is 4.24. The van der Waals surface area contributed by atoms with Crippen LogP contribution < -0.4 is 0 Å². The van der Waals surface area contributed by atoms with Crippen LogP contribution in [0.2, 0.25) is 0 Å². The maximum Gasteiger partial charge on any atom is 0.235 e. The summed E-state index contributed by atoms with van der Waals surface area (Å²) in [5.41, 5.74) is 0.894. The molecule has 0 bridgehead atoms. The van der Waals surface area contributed by atoms with Crippen LogP contribution in [0.25, 0.3) is 27.6 Å². The molecule has 0 aliphatic heterocycles. The van der Waals surface area contributed by atoms with Crippen molar-refractivity contribution in [1.29, 1.82) is 0 Å². The van der Waals surface area contributed by atoms with E-state index < -0.39 is 4.92 Å². The minimum absolute atomic E-state index is 0.434. The molecule has 3 rings (SSSR count). The Morgan fingerprint density at radius 2 is 1.42 bits per heavy atom. The molecule has 19 heavy (non-hydrogen) atoms. The van der Waals surface area contributed by atoms with Gasteiger partial charge in [0.2, 0.25) is 6.20 Å². The average Bonchev–Trinajstić information content (AvgIpc) is 2.43. The zero-order chi connectivity index (χ0) is 13.2. The fourth-order valence-corrected chi connectivity index (χ4v) is 2.36. The van der Waals surface area contributed by atoms with E-state index in [4.69, 9.17) is 0 Å². The van der Waals surface area contributed by atoms with Crippen molar-refractivity contribution in [1.82, 2.24) is 0 Å². The molecule has 0 amide bonds. The summed E-state index contributed by atoms with van der Waals surface area (Å²) in [7, 11) is 0. The first-order valence-corrected chi connectivity index (χ1v) is 5.98. The average molecular weight is 249 g/mol. The van der Waals surface area contributed by atoms with Crippen LogP contribution >= 0.6 is 0 Å². The number of nitrogens with zero attached hydrogens (tertiary/aromatic N) is 1. The van der Waals surface area contributed by atoms with Crippen molar-refractivity contribution in [3.63, 3.8) is 0 Å². The number of hydrogen-bond acceptors (Lipinski definition) is 2. The van der Waals surface area contributed by atoms with E-state index in [-0.39, 0.29) is 0 Å². The lowest BCUT2D eigenvalue weighted by molar-refractivity contribution is -0.400.